The Morgan fingerprint density at radius 1 is 0.946 bits per heavy atom. The van der Waals surface area contributed by atoms with Gasteiger partial charge in [-0.05, 0) is 50.6 Å². The summed E-state index contributed by atoms with van der Waals surface area (Å²) >= 11 is 0. The number of aryl methyl sites for hydroxylation is 2. The predicted molar refractivity (Wildman–Crippen MR) is 141 cm³/mol. The summed E-state index contributed by atoms with van der Waals surface area (Å²) in [6.07, 6.45) is 2.97. The van der Waals surface area contributed by atoms with Crippen molar-refractivity contribution in [3.8, 4) is 11.3 Å². The third-order valence-corrected chi connectivity index (χ3v) is 5.95. The van der Waals surface area contributed by atoms with E-state index in [2.05, 4.69) is 25.9 Å². The maximum absolute atomic E-state index is 13.0. The van der Waals surface area contributed by atoms with Gasteiger partial charge in [0.05, 0.1) is 29.4 Å². The Morgan fingerprint density at radius 3 is 2.41 bits per heavy atom. The number of carbonyl (C=O) groups is 2. The Kier molecular flexibility index (Phi) is 6.34. The molecule has 0 radical (unpaired) electrons. The summed E-state index contributed by atoms with van der Waals surface area (Å²) in [7, 11) is 0. The lowest BCUT2D eigenvalue weighted by molar-refractivity contribution is 0.0955. The number of amides is 2. The fourth-order valence-corrected chi connectivity index (χ4v) is 3.90. The monoisotopic (exact) mass is 492 g/mol. The molecule has 0 atom stereocenters. The average Bonchev–Trinajstić information content (AvgIpc) is 3.54. The molecule has 5 aromatic rings. The number of hydrogen-bond acceptors (Lipinski definition) is 6. The second kappa shape index (κ2) is 9.90. The number of carbonyl (C=O) groups excluding carboxylic acids is 2. The Morgan fingerprint density at radius 2 is 1.70 bits per heavy atom. The van der Waals surface area contributed by atoms with E-state index in [9.17, 15) is 9.59 Å². The molecule has 2 N–H and O–H groups in total. The third-order valence-electron chi connectivity index (χ3n) is 5.95. The molecule has 0 aliphatic carbocycles. The molecule has 0 unspecified atom stereocenters. The molecule has 184 valence electrons. The van der Waals surface area contributed by atoms with Crippen molar-refractivity contribution >= 4 is 28.9 Å². The minimum atomic E-state index is -0.411. The number of aromatic nitrogens is 3. The summed E-state index contributed by atoms with van der Waals surface area (Å²) in [5.74, 6) is -0.101. The molecule has 9 nitrogen and oxygen atoms in total. The lowest BCUT2D eigenvalue weighted by Crippen LogP contribution is -2.19. The van der Waals surface area contributed by atoms with E-state index >= 15 is 0 Å². The molecule has 3 heterocycles. The van der Waals surface area contributed by atoms with Crippen LogP contribution in [-0.2, 0) is 0 Å². The van der Waals surface area contributed by atoms with Gasteiger partial charge >= 0.3 is 0 Å². The SMILES string of the molecule is CC(=NNC(=O)c1cnn2c(C)cc(-c3ccccc3)nc12)c1ccc(NC(=O)c2ccoc2C)cc1. The quantitative estimate of drug-likeness (QED) is 0.255. The lowest BCUT2D eigenvalue weighted by atomic mass is 10.1. The van der Waals surface area contributed by atoms with Crippen LogP contribution < -0.4 is 10.7 Å². The van der Waals surface area contributed by atoms with Gasteiger partial charge in [0.2, 0.25) is 0 Å². The molecule has 0 aliphatic rings. The smallest absolute Gasteiger partial charge is 0.276 e. The molecule has 2 aromatic carbocycles. The van der Waals surface area contributed by atoms with Crippen molar-refractivity contribution < 1.29 is 14.0 Å². The summed E-state index contributed by atoms with van der Waals surface area (Å²) in [5, 5.41) is 11.4. The molecule has 37 heavy (non-hydrogen) atoms. The van der Waals surface area contributed by atoms with Crippen molar-refractivity contribution in [3.05, 3.63) is 107 Å². The number of benzene rings is 2. The molecule has 0 bridgehead atoms. The van der Waals surface area contributed by atoms with E-state index in [1.165, 1.54) is 12.5 Å². The first kappa shape index (κ1) is 23.7. The summed E-state index contributed by atoms with van der Waals surface area (Å²) in [6, 6.07) is 20.5. The standard InChI is InChI=1S/C28H24N6O3/c1-17-15-25(21-7-5-4-6-8-21)31-26-24(16-29-34(17)26)28(36)33-32-18(2)20-9-11-22(12-10-20)30-27(35)23-13-14-37-19(23)3/h4-16H,1-3H3,(H,30,35)(H,33,36). The Bertz CT molecular complexity index is 1630. The predicted octanol–water partition coefficient (Wildman–Crippen LogP) is 5.01. The van der Waals surface area contributed by atoms with Crippen LogP contribution in [0.5, 0.6) is 0 Å². The number of hydrazone groups is 1. The number of nitrogens with one attached hydrogen (secondary N) is 2. The molecular formula is C28H24N6O3. The van der Waals surface area contributed by atoms with Crippen molar-refractivity contribution in [2.45, 2.75) is 20.8 Å². The zero-order chi connectivity index (χ0) is 25.9. The van der Waals surface area contributed by atoms with E-state index < -0.39 is 5.91 Å². The summed E-state index contributed by atoms with van der Waals surface area (Å²) in [6.45, 7) is 5.44. The van der Waals surface area contributed by atoms with Crippen molar-refractivity contribution in [3.63, 3.8) is 0 Å². The third kappa shape index (κ3) is 4.87. The Hall–Kier alpha value is -5.05. The molecule has 0 fully saturated rings. The fourth-order valence-electron chi connectivity index (χ4n) is 3.90. The summed E-state index contributed by atoms with van der Waals surface area (Å²) in [5.41, 5.74) is 8.46. The molecule has 5 rings (SSSR count). The molecular weight excluding hydrogens is 468 g/mol. The van der Waals surface area contributed by atoms with Crippen LogP contribution in [0.15, 0.2) is 88.7 Å². The van der Waals surface area contributed by atoms with Crippen LogP contribution in [0.4, 0.5) is 5.69 Å². The van der Waals surface area contributed by atoms with Gasteiger partial charge in [-0.25, -0.2) is 14.9 Å². The maximum atomic E-state index is 13.0. The highest BCUT2D eigenvalue weighted by atomic mass is 16.3. The maximum Gasteiger partial charge on any atom is 0.276 e. The van der Waals surface area contributed by atoms with E-state index in [0.717, 1.165) is 22.5 Å². The summed E-state index contributed by atoms with van der Waals surface area (Å²) in [4.78, 5) is 30.0. The summed E-state index contributed by atoms with van der Waals surface area (Å²) < 4.78 is 6.82. The number of nitrogens with zero attached hydrogens (tertiary/aromatic N) is 4. The zero-order valence-electron chi connectivity index (χ0n) is 20.5. The van der Waals surface area contributed by atoms with Crippen molar-refractivity contribution in [1.82, 2.24) is 20.0 Å². The highest BCUT2D eigenvalue weighted by Crippen LogP contribution is 2.21. The number of anilines is 1. The van der Waals surface area contributed by atoms with E-state index in [1.54, 1.807) is 36.6 Å². The minimum Gasteiger partial charge on any atom is -0.469 e. The molecule has 0 saturated heterocycles. The minimum absolute atomic E-state index is 0.246. The number of furan rings is 1. The molecule has 0 spiro atoms. The van der Waals surface area contributed by atoms with Gasteiger partial charge in [0, 0.05) is 16.9 Å². The van der Waals surface area contributed by atoms with Gasteiger partial charge in [-0.3, -0.25) is 9.59 Å². The van der Waals surface area contributed by atoms with Gasteiger partial charge < -0.3 is 9.73 Å². The Labute approximate surface area is 212 Å². The zero-order valence-corrected chi connectivity index (χ0v) is 20.5. The largest absolute Gasteiger partial charge is 0.469 e. The molecule has 2 amide bonds. The van der Waals surface area contributed by atoms with Gasteiger partial charge in [0.25, 0.3) is 11.8 Å². The van der Waals surface area contributed by atoms with Gasteiger partial charge in [0.15, 0.2) is 5.65 Å². The second-order valence-corrected chi connectivity index (χ2v) is 8.50. The van der Waals surface area contributed by atoms with Crippen LogP contribution in [0.25, 0.3) is 16.9 Å². The van der Waals surface area contributed by atoms with Crippen molar-refractivity contribution in [2.24, 2.45) is 5.10 Å². The first-order chi connectivity index (χ1) is 17.9. The lowest BCUT2D eigenvalue weighted by Gasteiger charge is -2.07. The van der Waals surface area contributed by atoms with Crippen molar-refractivity contribution in [1.29, 1.82) is 0 Å². The van der Waals surface area contributed by atoms with Crippen LogP contribution in [0.1, 0.15) is 44.7 Å². The first-order valence-electron chi connectivity index (χ1n) is 11.6. The van der Waals surface area contributed by atoms with Crippen LogP contribution in [0, 0.1) is 13.8 Å². The van der Waals surface area contributed by atoms with Crippen LogP contribution in [-0.4, -0.2) is 32.1 Å². The highest BCUT2D eigenvalue weighted by Gasteiger charge is 2.17. The van der Waals surface area contributed by atoms with Gasteiger partial charge in [0.1, 0.15) is 11.3 Å². The molecule has 3 aromatic heterocycles. The van der Waals surface area contributed by atoms with Crippen molar-refractivity contribution in [2.75, 3.05) is 5.32 Å². The van der Waals surface area contributed by atoms with E-state index in [0.29, 0.717) is 33.9 Å². The van der Waals surface area contributed by atoms with Gasteiger partial charge in [-0.1, -0.05) is 42.5 Å². The topological polar surface area (TPSA) is 114 Å². The average molecular weight is 493 g/mol. The van der Waals surface area contributed by atoms with Crippen LogP contribution in [0.2, 0.25) is 0 Å². The first-order valence-corrected chi connectivity index (χ1v) is 11.6. The second-order valence-electron chi connectivity index (χ2n) is 8.50. The number of fused-ring (bicyclic) bond motifs is 1. The van der Waals surface area contributed by atoms with Crippen LogP contribution in [0.3, 0.4) is 0 Å². The van der Waals surface area contributed by atoms with E-state index in [4.69, 9.17) is 4.42 Å². The van der Waals surface area contributed by atoms with E-state index in [-0.39, 0.29) is 5.91 Å². The normalized spacial score (nSPS) is 11.5. The van der Waals surface area contributed by atoms with E-state index in [1.807, 2.05) is 55.5 Å². The molecule has 0 saturated carbocycles. The fraction of sp³-hybridized carbons (Fsp3) is 0.107. The highest BCUT2D eigenvalue weighted by molar-refractivity contribution is 6.06. The number of rotatable bonds is 6. The number of hydrogen-bond donors (Lipinski definition) is 2. The molecule has 9 heteroatoms. The van der Waals surface area contributed by atoms with Gasteiger partial charge in [-0.2, -0.15) is 10.2 Å². The van der Waals surface area contributed by atoms with Crippen LogP contribution >= 0.6 is 0 Å². The molecule has 0 aliphatic heterocycles. The Balaban J connectivity index is 1.31. The van der Waals surface area contributed by atoms with Gasteiger partial charge in [-0.15, -0.1) is 0 Å².